The third kappa shape index (κ3) is 2.42. The molecule has 0 saturated heterocycles. The van der Waals surface area contributed by atoms with E-state index in [2.05, 4.69) is 26.1 Å². The normalized spacial score (nSPS) is 15.6. The fourth-order valence-corrected chi connectivity index (χ4v) is 3.78. The summed E-state index contributed by atoms with van der Waals surface area (Å²) in [7, 11) is 0. The molecule has 4 aromatic heterocycles. The lowest BCUT2D eigenvalue weighted by molar-refractivity contribution is 0.849. The highest BCUT2D eigenvalue weighted by molar-refractivity contribution is 6.12. The van der Waals surface area contributed by atoms with Crippen molar-refractivity contribution in [3.8, 4) is 5.82 Å². The molecule has 6 heterocycles. The van der Waals surface area contributed by atoms with E-state index in [1.165, 1.54) is 6.33 Å². The van der Waals surface area contributed by atoms with Crippen molar-refractivity contribution >= 4 is 34.6 Å². The number of aromatic nitrogens is 5. The summed E-state index contributed by atoms with van der Waals surface area (Å²) in [4.78, 5) is 26.1. The summed E-state index contributed by atoms with van der Waals surface area (Å²) in [6.07, 6.45) is 16.7. The van der Waals surface area contributed by atoms with Crippen molar-refractivity contribution in [2.24, 2.45) is 9.98 Å². The first-order valence-electron chi connectivity index (χ1n) is 9.26. The molecule has 4 aromatic rings. The Morgan fingerprint density at radius 1 is 0.862 bits per heavy atom. The van der Waals surface area contributed by atoms with E-state index in [-0.39, 0.29) is 5.56 Å². The molecule has 0 saturated carbocycles. The zero-order valence-electron chi connectivity index (χ0n) is 15.3. The van der Waals surface area contributed by atoms with E-state index in [1.54, 1.807) is 15.3 Å². The van der Waals surface area contributed by atoms with Crippen LogP contribution in [-0.2, 0) is 0 Å². The molecule has 0 aromatic carbocycles. The van der Waals surface area contributed by atoms with Gasteiger partial charge in [0.2, 0.25) is 0 Å². The fraction of sp³-hybridized carbons (Fsp3) is 0.0952. The Labute approximate surface area is 164 Å². The third-order valence-corrected chi connectivity index (χ3v) is 5.24. The molecule has 0 fully saturated rings. The molecule has 0 atom stereocenters. The van der Waals surface area contributed by atoms with E-state index in [4.69, 9.17) is 0 Å². The zero-order chi connectivity index (χ0) is 19.4. The van der Waals surface area contributed by atoms with Crippen molar-refractivity contribution in [2.45, 2.75) is 0 Å². The van der Waals surface area contributed by atoms with Crippen LogP contribution in [-0.4, -0.2) is 49.1 Å². The second-order valence-corrected chi connectivity index (χ2v) is 6.94. The zero-order valence-corrected chi connectivity index (χ0v) is 15.3. The van der Waals surface area contributed by atoms with Gasteiger partial charge in [0, 0.05) is 48.3 Å². The van der Waals surface area contributed by atoms with Gasteiger partial charge in [-0.15, -0.1) is 0 Å². The van der Waals surface area contributed by atoms with Crippen LogP contribution in [0.2, 0.25) is 0 Å². The predicted octanol–water partition coefficient (Wildman–Crippen LogP) is 2.07. The molecule has 140 valence electrons. The van der Waals surface area contributed by atoms with Crippen LogP contribution in [0.3, 0.4) is 0 Å². The van der Waals surface area contributed by atoms with Crippen molar-refractivity contribution in [1.29, 1.82) is 0 Å². The van der Waals surface area contributed by atoms with Gasteiger partial charge in [-0.25, -0.2) is 9.50 Å². The van der Waals surface area contributed by atoms with Gasteiger partial charge in [-0.3, -0.25) is 19.3 Å². The Balaban J connectivity index is 1.53. The van der Waals surface area contributed by atoms with Crippen LogP contribution in [0.4, 0.5) is 0 Å². The Kier molecular flexibility index (Phi) is 3.28. The van der Waals surface area contributed by atoms with E-state index in [1.807, 2.05) is 53.6 Å². The van der Waals surface area contributed by atoms with E-state index in [0.29, 0.717) is 24.4 Å². The summed E-state index contributed by atoms with van der Waals surface area (Å²) in [5.41, 5.74) is 5.26. The van der Waals surface area contributed by atoms with Crippen LogP contribution >= 0.6 is 0 Å². The lowest BCUT2D eigenvalue weighted by Gasteiger charge is -2.06. The van der Waals surface area contributed by atoms with E-state index in [0.717, 1.165) is 27.8 Å². The fourth-order valence-electron chi connectivity index (χ4n) is 3.78. The highest BCUT2D eigenvalue weighted by Gasteiger charge is 2.15. The lowest BCUT2D eigenvalue weighted by atomic mass is 10.1. The van der Waals surface area contributed by atoms with Gasteiger partial charge in [-0.05, 0) is 23.3 Å². The minimum Gasteiger partial charge on any atom is -0.317 e. The number of fused-ring (bicyclic) bond motifs is 2. The largest absolute Gasteiger partial charge is 0.317 e. The molecular formula is C21H15N7O. The summed E-state index contributed by atoms with van der Waals surface area (Å²) in [5, 5.41) is 4.30. The van der Waals surface area contributed by atoms with Crippen molar-refractivity contribution in [2.75, 3.05) is 13.1 Å². The van der Waals surface area contributed by atoms with Gasteiger partial charge < -0.3 is 4.40 Å². The van der Waals surface area contributed by atoms with Crippen molar-refractivity contribution in [3.63, 3.8) is 0 Å². The minimum absolute atomic E-state index is 0.140. The molecule has 0 aliphatic carbocycles. The Morgan fingerprint density at radius 2 is 1.59 bits per heavy atom. The highest BCUT2D eigenvalue weighted by Crippen LogP contribution is 2.22. The smallest absolute Gasteiger partial charge is 0.280 e. The molecule has 0 bridgehead atoms. The minimum atomic E-state index is -0.140. The van der Waals surface area contributed by atoms with E-state index >= 15 is 0 Å². The van der Waals surface area contributed by atoms with Crippen LogP contribution in [0, 0.1) is 0 Å². The SMILES string of the molecule is O=c1c2cc(C3=CCN=C3)cn2ccn1-c1ncnn2cc(C3=CCN=C3)cc12. The molecule has 2 aliphatic rings. The maximum atomic E-state index is 13.3. The Bertz CT molecular complexity index is 1480. The summed E-state index contributed by atoms with van der Waals surface area (Å²) < 4.78 is 5.14. The van der Waals surface area contributed by atoms with Crippen LogP contribution in [0.1, 0.15) is 11.1 Å². The van der Waals surface area contributed by atoms with Gasteiger partial charge in [-0.2, -0.15) is 5.10 Å². The van der Waals surface area contributed by atoms with E-state index < -0.39 is 0 Å². The second-order valence-electron chi connectivity index (χ2n) is 6.94. The molecule has 8 nitrogen and oxygen atoms in total. The van der Waals surface area contributed by atoms with Crippen LogP contribution in [0.5, 0.6) is 0 Å². The molecule has 2 aliphatic heterocycles. The molecule has 0 radical (unpaired) electrons. The Hall–Kier alpha value is -4.07. The van der Waals surface area contributed by atoms with Gasteiger partial charge in [-0.1, -0.05) is 12.2 Å². The summed E-state index contributed by atoms with van der Waals surface area (Å²) >= 11 is 0. The molecule has 0 N–H and O–H groups in total. The summed E-state index contributed by atoms with van der Waals surface area (Å²) in [6.45, 7) is 1.37. The quantitative estimate of drug-likeness (QED) is 0.545. The number of nitrogens with zero attached hydrogens (tertiary/aromatic N) is 7. The summed E-state index contributed by atoms with van der Waals surface area (Å²) in [6, 6.07) is 3.88. The Morgan fingerprint density at radius 3 is 2.31 bits per heavy atom. The molecule has 0 spiro atoms. The van der Waals surface area contributed by atoms with Crippen LogP contribution in [0.15, 0.2) is 70.2 Å². The standard InChI is InChI=1S/C21H15N7O/c29-21-19-8-16(14-1-3-22-9-14)11-26(19)5-6-27(21)20-18-7-17(15-2-4-23-10-15)12-28(18)25-13-24-20/h1-2,5-13H,3-4H2. The number of hydrogen-bond acceptors (Lipinski definition) is 5. The number of rotatable bonds is 3. The number of hydrogen-bond donors (Lipinski definition) is 0. The van der Waals surface area contributed by atoms with Crippen molar-refractivity contribution in [3.05, 3.63) is 76.9 Å². The highest BCUT2D eigenvalue weighted by atomic mass is 16.1. The third-order valence-electron chi connectivity index (χ3n) is 5.24. The predicted molar refractivity (Wildman–Crippen MR) is 112 cm³/mol. The number of aliphatic imine (C=N–C) groups is 2. The lowest BCUT2D eigenvalue weighted by Crippen LogP contribution is -2.21. The van der Waals surface area contributed by atoms with E-state index in [9.17, 15) is 4.79 Å². The van der Waals surface area contributed by atoms with Gasteiger partial charge >= 0.3 is 0 Å². The van der Waals surface area contributed by atoms with Gasteiger partial charge in [0.05, 0.1) is 13.1 Å². The average Bonchev–Trinajstić information content (AvgIpc) is 3.54. The molecular weight excluding hydrogens is 366 g/mol. The average molecular weight is 381 g/mol. The maximum absolute atomic E-state index is 13.3. The summed E-state index contributed by atoms with van der Waals surface area (Å²) in [5.74, 6) is 0.540. The monoisotopic (exact) mass is 381 g/mol. The molecule has 29 heavy (non-hydrogen) atoms. The van der Waals surface area contributed by atoms with Gasteiger partial charge in [0.25, 0.3) is 5.56 Å². The maximum Gasteiger partial charge on any atom is 0.280 e. The molecule has 6 rings (SSSR count). The molecule has 8 heteroatoms. The van der Waals surface area contributed by atoms with Crippen molar-refractivity contribution in [1.82, 2.24) is 23.6 Å². The van der Waals surface area contributed by atoms with Crippen molar-refractivity contribution < 1.29 is 0 Å². The first-order chi connectivity index (χ1) is 14.3. The van der Waals surface area contributed by atoms with Crippen LogP contribution < -0.4 is 5.56 Å². The van der Waals surface area contributed by atoms with Gasteiger partial charge in [0.1, 0.15) is 17.4 Å². The second kappa shape index (κ2) is 5.96. The van der Waals surface area contributed by atoms with Gasteiger partial charge in [0.15, 0.2) is 5.82 Å². The first-order valence-corrected chi connectivity index (χ1v) is 9.26. The first kappa shape index (κ1) is 15.9. The topological polar surface area (TPSA) is 81.3 Å². The molecule has 0 unspecified atom stereocenters. The molecule has 0 amide bonds. The van der Waals surface area contributed by atoms with Crippen LogP contribution in [0.25, 0.3) is 28.0 Å². The number of allylic oxidation sites excluding steroid dienone is 2.